The highest BCUT2D eigenvalue weighted by Crippen LogP contribution is 2.30. The third-order valence-electron chi connectivity index (χ3n) is 4.36. The number of aldehydes is 1. The summed E-state index contributed by atoms with van der Waals surface area (Å²) in [4.78, 5) is 23.4. The van der Waals surface area contributed by atoms with Gasteiger partial charge in [0.1, 0.15) is 11.8 Å². The highest BCUT2D eigenvalue weighted by Gasteiger charge is 2.35. The van der Waals surface area contributed by atoms with E-state index < -0.39 is 11.6 Å². The molecule has 0 heterocycles. The van der Waals surface area contributed by atoms with E-state index in [4.69, 9.17) is 9.47 Å². The van der Waals surface area contributed by atoms with Gasteiger partial charge in [0, 0.05) is 5.56 Å². The summed E-state index contributed by atoms with van der Waals surface area (Å²) in [6.45, 7) is 3.87. The minimum Gasteiger partial charge on any atom is -0.490 e. The van der Waals surface area contributed by atoms with Crippen LogP contribution in [0, 0.1) is 11.3 Å². The first-order chi connectivity index (χ1) is 12.0. The first kappa shape index (κ1) is 18.8. The Morgan fingerprint density at radius 3 is 2.68 bits per heavy atom. The maximum Gasteiger partial charge on any atom is 0.262 e. The number of amides is 1. The van der Waals surface area contributed by atoms with Gasteiger partial charge in [-0.15, -0.1) is 0 Å². The highest BCUT2D eigenvalue weighted by molar-refractivity contribution is 5.82. The van der Waals surface area contributed by atoms with Crippen molar-refractivity contribution >= 4 is 12.2 Å². The van der Waals surface area contributed by atoms with Gasteiger partial charge in [-0.05, 0) is 44.9 Å². The molecular formula is C19H24N2O4. The second-order valence-corrected chi connectivity index (χ2v) is 6.26. The zero-order valence-electron chi connectivity index (χ0n) is 14.7. The number of hydrogen-bond donors (Lipinski definition) is 1. The topological polar surface area (TPSA) is 88.4 Å². The van der Waals surface area contributed by atoms with E-state index in [2.05, 4.69) is 11.4 Å². The van der Waals surface area contributed by atoms with E-state index >= 15 is 0 Å². The van der Waals surface area contributed by atoms with Gasteiger partial charge in [-0.1, -0.05) is 19.3 Å². The molecule has 1 aromatic carbocycles. The first-order valence-corrected chi connectivity index (χ1v) is 8.65. The Kier molecular flexibility index (Phi) is 6.40. The van der Waals surface area contributed by atoms with Gasteiger partial charge in [0.25, 0.3) is 5.91 Å². The molecule has 1 fully saturated rings. The van der Waals surface area contributed by atoms with Gasteiger partial charge in [-0.2, -0.15) is 5.26 Å². The molecule has 0 radical (unpaired) electrons. The van der Waals surface area contributed by atoms with E-state index in [1.54, 1.807) is 25.1 Å². The van der Waals surface area contributed by atoms with Crippen molar-refractivity contribution in [2.75, 3.05) is 6.61 Å². The number of rotatable bonds is 7. The van der Waals surface area contributed by atoms with Gasteiger partial charge in [0.05, 0.1) is 12.7 Å². The van der Waals surface area contributed by atoms with E-state index in [1.165, 1.54) is 0 Å². The molecule has 1 aliphatic carbocycles. The Hall–Kier alpha value is -2.55. The molecule has 1 atom stereocenters. The Balaban J connectivity index is 2.08. The van der Waals surface area contributed by atoms with E-state index in [9.17, 15) is 14.9 Å². The third-order valence-corrected chi connectivity index (χ3v) is 4.36. The fourth-order valence-corrected chi connectivity index (χ4v) is 2.97. The largest absolute Gasteiger partial charge is 0.490 e. The Morgan fingerprint density at radius 1 is 1.36 bits per heavy atom. The fraction of sp³-hybridized carbons (Fsp3) is 0.526. The number of carbonyl (C=O) groups excluding carboxylic acids is 2. The van der Waals surface area contributed by atoms with Crippen LogP contribution < -0.4 is 14.8 Å². The Bertz CT molecular complexity index is 660. The lowest BCUT2D eigenvalue weighted by Crippen LogP contribution is -2.52. The second-order valence-electron chi connectivity index (χ2n) is 6.26. The quantitative estimate of drug-likeness (QED) is 0.768. The van der Waals surface area contributed by atoms with Crippen molar-refractivity contribution in [2.24, 2.45) is 0 Å². The maximum absolute atomic E-state index is 12.5. The molecule has 0 unspecified atom stereocenters. The smallest absolute Gasteiger partial charge is 0.262 e. The number of carbonyl (C=O) groups is 2. The monoisotopic (exact) mass is 344 g/mol. The van der Waals surface area contributed by atoms with E-state index in [1.807, 2.05) is 6.92 Å². The number of benzene rings is 1. The standard InChI is InChI=1S/C19H24N2O4/c1-3-24-17-11-15(12-22)7-8-16(17)25-14(2)18(23)21-19(13-20)9-5-4-6-10-19/h7-8,11-12,14H,3-6,9-10H2,1-2H3,(H,21,23)/t14-/m1/s1. The molecule has 0 spiro atoms. The summed E-state index contributed by atoms with van der Waals surface area (Å²) in [5.41, 5.74) is -0.324. The summed E-state index contributed by atoms with van der Waals surface area (Å²) < 4.78 is 11.2. The van der Waals surface area contributed by atoms with Crippen LogP contribution in [-0.4, -0.2) is 30.4 Å². The van der Waals surface area contributed by atoms with Crippen LogP contribution in [0.1, 0.15) is 56.3 Å². The average molecular weight is 344 g/mol. The van der Waals surface area contributed by atoms with E-state index in [-0.39, 0.29) is 5.91 Å². The molecule has 134 valence electrons. The normalized spacial score (nSPS) is 17.0. The van der Waals surface area contributed by atoms with Crippen LogP contribution in [0.25, 0.3) is 0 Å². The predicted molar refractivity (Wildman–Crippen MR) is 92.7 cm³/mol. The minimum absolute atomic E-state index is 0.328. The van der Waals surface area contributed by atoms with Gasteiger partial charge >= 0.3 is 0 Å². The lowest BCUT2D eigenvalue weighted by molar-refractivity contribution is -0.129. The predicted octanol–water partition coefficient (Wildman–Crippen LogP) is 3.01. The zero-order valence-corrected chi connectivity index (χ0v) is 14.7. The molecule has 1 aliphatic rings. The number of hydrogen-bond acceptors (Lipinski definition) is 5. The van der Waals surface area contributed by atoms with Crippen molar-refractivity contribution in [1.82, 2.24) is 5.32 Å². The summed E-state index contributed by atoms with van der Waals surface area (Å²) in [5, 5.41) is 12.3. The van der Waals surface area contributed by atoms with Crippen LogP contribution in [-0.2, 0) is 4.79 Å². The minimum atomic E-state index is -0.795. The van der Waals surface area contributed by atoms with Crippen molar-refractivity contribution in [1.29, 1.82) is 5.26 Å². The molecule has 0 aliphatic heterocycles. The Morgan fingerprint density at radius 2 is 2.08 bits per heavy atom. The molecule has 0 bridgehead atoms. The molecule has 1 saturated carbocycles. The van der Waals surface area contributed by atoms with Gasteiger partial charge < -0.3 is 14.8 Å². The van der Waals surface area contributed by atoms with Crippen LogP contribution in [0.4, 0.5) is 0 Å². The maximum atomic E-state index is 12.5. The van der Waals surface area contributed by atoms with Crippen LogP contribution >= 0.6 is 0 Å². The van der Waals surface area contributed by atoms with Crippen LogP contribution in [0.2, 0.25) is 0 Å². The average Bonchev–Trinajstić information content (AvgIpc) is 2.64. The van der Waals surface area contributed by atoms with Crippen molar-refractivity contribution in [2.45, 2.75) is 57.6 Å². The number of nitrogens with one attached hydrogen (secondary N) is 1. The summed E-state index contributed by atoms with van der Waals surface area (Å²) in [6.07, 6.45) is 4.23. The van der Waals surface area contributed by atoms with Gasteiger partial charge in [-0.3, -0.25) is 9.59 Å². The lowest BCUT2D eigenvalue weighted by Gasteiger charge is -2.32. The van der Waals surface area contributed by atoms with Crippen molar-refractivity contribution in [3.05, 3.63) is 23.8 Å². The molecule has 1 amide bonds. The SMILES string of the molecule is CCOc1cc(C=O)ccc1O[C@H](C)C(=O)NC1(C#N)CCCCC1. The lowest BCUT2D eigenvalue weighted by atomic mass is 9.83. The fourth-order valence-electron chi connectivity index (χ4n) is 2.97. The second kappa shape index (κ2) is 8.52. The molecular weight excluding hydrogens is 320 g/mol. The molecule has 25 heavy (non-hydrogen) atoms. The Labute approximate surface area is 148 Å². The molecule has 0 saturated heterocycles. The van der Waals surface area contributed by atoms with Crippen LogP contribution in [0.15, 0.2) is 18.2 Å². The van der Waals surface area contributed by atoms with Gasteiger partial charge in [0.15, 0.2) is 17.6 Å². The number of nitrogens with zero attached hydrogens (tertiary/aromatic N) is 1. The van der Waals surface area contributed by atoms with Crippen LogP contribution in [0.5, 0.6) is 11.5 Å². The van der Waals surface area contributed by atoms with Crippen molar-refractivity contribution in [3.63, 3.8) is 0 Å². The molecule has 1 aromatic rings. The van der Waals surface area contributed by atoms with E-state index in [0.717, 1.165) is 25.5 Å². The van der Waals surface area contributed by atoms with E-state index in [0.29, 0.717) is 36.5 Å². The summed E-state index contributed by atoms with van der Waals surface area (Å²) >= 11 is 0. The number of ether oxygens (including phenoxy) is 2. The summed E-state index contributed by atoms with van der Waals surface area (Å²) in [5.74, 6) is 0.481. The molecule has 2 rings (SSSR count). The number of nitriles is 1. The van der Waals surface area contributed by atoms with Crippen LogP contribution in [0.3, 0.4) is 0 Å². The summed E-state index contributed by atoms with van der Waals surface area (Å²) in [6, 6.07) is 7.06. The van der Waals surface area contributed by atoms with Gasteiger partial charge in [0.2, 0.25) is 0 Å². The molecule has 6 heteroatoms. The molecule has 0 aromatic heterocycles. The van der Waals surface area contributed by atoms with Crippen molar-refractivity contribution in [3.8, 4) is 17.6 Å². The highest BCUT2D eigenvalue weighted by atomic mass is 16.5. The van der Waals surface area contributed by atoms with Crippen molar-refractivity contribution < 1.29 is 19.1 Å². The third kappa shape index (κ3) is 4.72. The molecule has 1 N–H and O–H groups in total. The first-order valence-electron chi connectivity index (χ1n) is 8.65. The zero-order chi connectivity index (χ0) is 18.3. The summed E-state index contributed by atoms with van der Waals surface area (Å²) in [7, 11) is 0. The van der Waals surface area contributed by atoms with Gasteiger partial charge in [-0.25, -0.2) is 0 Å². The molecule has 6 nitrogen and oxygen atoms in total.